The van der Waals surface area contributed by atoms with Crippen LogP contribution < -0.4 is 4.74 Å². The third-order valence-electron chi connectivity index (χ3n) is 4.86. The van der Waals surface area contributed by atoms with Gasteiger partial charge in [-0.1, -0.05) is 36.0 Å². The maximum atomic E-state index is 13.0. The van der Waals surface area contributed by atoms with Crippen molar-refractivity contribution in [2.45, 2.75) is 26.5 Å². The molecule has 4 rings (SSSR count). The van der Waals surface area contributed by atoms with Gasteiger partial charge in [-0.25, -0.2) is 4.79 Å². The minimum Gasteiger partial charge on any atom is -0.491 e. The van der Waals surface area contributed by atoms with Gasteiger partial charge in [0.2, 0.25) is 5.82 Å². The van der Waals surface area contributed by atoms with Crippen molar-refractivity contribution in [3.63, 3.8) is 0 Å². The Morgan fingerprint density at radius 3 is 2.74 bits per heavy atom. The summed E-state index contributed by atoms with van der Waals surface area (Å²) in [5, 5.41) is 4.04. The molecule has 1 unspecified atom stereocenters. The van der Waals surface area contributed by atoms with Crippen LogP contribution in [0, 0.1) is 5.92 Å². The Morgan fingerprint density at radius 2 is 2.03 bits per heavy atom. The number of hydrogen-bond acceptors (Lipinski definition) is 6. The van der Waals surface area contributed by atoms with Gasteiger partial charge in [0, 0.05) is 5.56 Å². The van der Waals surface area contributed by atoms with Crippen LogP contribution in [0.2, 0.25) is 0 Å². The number of amides is 3. The number of allylic oxidation sites excluding steroid dienone is 3. The summed E-state index contributed by atoms with van der Waals surface area (Å²) in [7, 11) is 0. The molecule has 3 amide bonds. The topological polar surface area (TPSA) is 88.5 Å². The molecule has 0 saturated carbocycles. The molecule has 2 aromatic rings. The minimum atomic E-state index is -0.529. The predicted molar refractivity (Wildman–Crippen MR) is 114 cm³/mol. The highest BCUT2D eigenvalue weighted by Crippen LogP contribution is 2.23. The smallest absolute Gasteiger partial charge is 0.491 e. The van der Waals surface area contributed by atoms with Crippen LogP contribution in [0.5, 0.6) is 5.75 Å². The van der Waals surface area contributed by atoms with Gasteiger partial charge in [-0.2, -0.15) is 19.3 Å². The number of nitrogens with zero attached hydrogens (tertiary/aromatic N) is 4. The number of hydrogen-bond donors (Lipinski definition) is 0. The fraction of sp³-hybridized carbons (Fsp3) is 0.261. The van der Waals surface area contributed by atoms with Crippen molar-refractivity contribution < 1.29 is 23.4 Å². The normalized spacial score (nSPS) is 18.0. The van der Waals surface area contributed by atoms with E-state index in [2.05, 4.69) is 16.7 Å². The SMILES string of the molecule is C=CCN1C(=O)C2C=CC=CC2=[N+](Cc2nc(-c3ccc(OC(C)C)cc3)no2)C1=O. The van der Waals surface area contributed by atoms with Crippen molar-refractivity contribution in [3.05, 3.63) is 67.1 Å². The molecular weight excluding hydrogens is 396 g/mol. The van der Waals surface area contributed by atoms with Crippen LogP contribution in [0.3, 0.4) is 0 Å². The van der Waals surface area contributed by atoms with E-state index in [1.165, 1.54) is 15.6 Å². The lowest BCUT2D eigenvalue weighted by atomic mass is 9.94. The first-order valence-corrected chi connectivity index (χ1v) is 10.0. The highest BCUT2D eigenvalue weighted by molar-refractivity contribution is 6.16. The van der Waals surface area contributed by atoms with E-state index in [0.29, 0.717) is 11.5 Å². The molecule has 2 aliphatic rings. The quantitative estimate of drug-likeness (QED) is 0.505. The first kappa shape index (κ1) is 20.5. The Morgan fingerprint density at radius 1 is 1.26 bits per heavy atom. The molecule has 1 aliphatic heterocycles. The van der Waals surface area contributed by atoms with Gasteiger partial charge in [-0.05, 0) is 44.2 Å². The first-order chi connectivity index (χ1) is 15.0. The van der Waals surface area contributed by atoms with Gasteiger partial charge in [0.1, 0.15) is 23.9 Å². The van der Waals surface area contributed by atoms with Gasteiger partial charge >= 0.3 is 11.9 Å². The van der Waals surface area contributed by atoms with Crippen LogP contribution in [0.1, 0.15) is 19.7 Å². The summed E-state index contributed by atoms with van der Waals surface area (Å²) in [6.07, 6.45) is 8.73. The Balaban J connectivity index is 1.60. The number of fused-ring (bicyclic) bond motifs is 1. The van der Waals surface area contributed by atoms with Crippen LogP contribution in [-0.4, -0.2) is 49.9 Å². The summed E-state index contributed by atoms with van der Waals surface area (Å²) in [4.78, 5) is 31.3. The third-order valence-corrected chi connectivity index (χ3v) is 4.86. The fourth-order valence-corrected chi connectivity index (χ4v) is 3.50. The lowest BCUT2D eigenvalue weighted by molar-refractivity contribution is -0.459. The number of carbonyl (C=O) groups excluding carboxylic acids is 2. The molecule has 1 aliphatic carbocycles. The second kappa shape index (κ2) is 8.51. The fourth-order valence-electron chi connectivity index (χ4n) is 3.50. The van der Waals surface area contributed by atoms with E-state index in [1.807, 2.05) is 38.1 Å². The van der Waals surface area contributed by atoms with Crippen molar-refractivity contribution in [2.24, 2.45) is 5.92 Å². The van der Waals surface area contributed by atoms with E-state index in [9.17, 15) is 9.59 Å². The number of urea groups is 1. The number of imide groups is 1. The number of aromatic nitrogens is 2. The number of carbonyl (C=O) groups is 2. The lowest BCUT2D eigenvalue weighted by Crippen LogP contribution is -2.54. The maximum Gasteiger partial charge on any atom is 0.501 e. The highest BCUT2D eigenvalue weighted by Gasteiger charge is 2.46. The van der Waals surface area contributed by atoms with Crippen molar-refractivity contribution >= 4 is 17.6 Å². The Kier molecular flexibility index (Phi) is 5.62. The maximum absolute atomic E-state index is 13.0. The zero-order chi connectivity index (χ0) is 22.0. The molecule has 0 spiro atoms. The van der Waals surface area contributed by atoms with E-state index in [1.54, 1.807) is 24.3 Å². The Hall–Kier alpha value is -3.81. The first-order valence-electron chi connectivity index (χ1n) is 10.0. The minimum absolute atomic E-state index is 0.0608. The van der Waals surface area contributed by atoms with E-state index in [-0.39, 0.29) is 31.0 Å². The molecule has 8 nitrogen and oxygen atoms in total. The van der Waals surface area contributed by atoms with E-state index in [4.69, 9.17) is 9.26 Å². The summed E-state index contributed by atoms with van der Waals surface area (Å²) in [5.74, 6) is 0.640. The molecule has 0 fully saturated rings. The molecule has 1 aromatic heterocycles. The summed E-state index contributed by atoms with van der Waals surface area (Å²) < 4.78 is 12.5. The molecule has 0 saturated heterocycles. The van der Waals surface area contributed by atoms with Crippen molar-refractivity contribution in [1.29, 1.82) is 0 Å². The summed E-state index contributed by atoms with van der Waals surface area (Å²) >= 11 is 0. The lowest BCUT2D eigenvalue weighted by Gasteiger charge is -2.25. The molecule has 0 bridgehead atoms. The molecule has 8 heteroatoms. The Labute approximate surface area is 179 Å². The summed E-state index contributed by atoms with van der Waals surface area (Å²) in [6, 6.07) is 6.95. The van der Waals surface area contributed by atoms with Crippen LogP contribution in [0.25, 0.3) is 11.4 Å². The zero-order valence-electron chi connectivity index (χ0n) is 17.4. The largest absolute Gasteiger partial charge is 0.501 e. The molecular formula is C23H23N4O4+. The van der Waals surface area contributed by atoms with Gasteiger partial charge in [-0.3, -0.25) is 0 Å². The van der Waals surface area contributed by atoms with E-state index >= 15 is 0 Å². The van der Waals surface area contributed by atoms with Crippen LogP contribution >= 0.6 is 0 Å². The van der Waals surface area contributed by atoms with Crippen molar-refractivity contribution in [3.8, 4) is 17.1 Å². The molecule has 158 valence electrons. The molecule has 31 heavy (non-hydrogen) atoms. The van der Waals surface area contributed by atoms with Crippen LogP contribution in [0.15, 0.2) is 65.7 Å². The number of rotatable bonds is 7. The highest BCUT2D eigenvalue weighted by atomic mass is 16.5. The van der Waals surface area contributed by atoms with Gasteiger partial charge < -0.3 is 9.26 Å². The standard InChI is InChI=1S/C23H23N4O4/c1-4-13-26-22(28)18-7-5-6-8-19(18)27(23(26)29)14-20-24-21(25-31-20)16-9-11-17(12-10-16)30-15(2)3/h4-12,15,18H,1,13-14H2,2-3H3/q+1. The third kappa shape index (κ3) is 4.09. The molecule has 1 aromatic carbocycles. The van der Waals surface area contributed by atoms with E-state index < -0.39 is 11.9 Å². The van der Waals surface area contributed by atoms with Crippen molar-refractivity contribution in [1.82, 2.24) is 15.0 Å². The average Bonchev–Trinajstić information content (AvgIpc) is 3.23. The molecule has 2 heterocycles. The van der Waals surface area contributed by atoms with Crippen molar-refractivity contribution in [2.75, 3.05) is 6.54 Å². The van der Waals surface area contributed by atoms with Gasteiger partial charge in [-0.15, -0.1) is 0 Å². The molecule has 1 atom stereocenters. The van der Waals surface area contributed by atoms with Gasteiger partial charge in [0.05, 0.1) is 6.10 Å². The van der Waals surface area contributed by atoms with E-state index in [0.717, 1.165) is 11.3 Å². The molecule has 0 radical (unpaired) electrons. The number of ether oxygens (including phenoxy) is 1. The molecule has 0 N–H and O–H groups in total. The monoisotopic (exact) mass is 419 g/mol. The van der Waals surface area contributed by atoms with Crippen LogP contribution in [-0.2, 0) is 11.3 Å². The predicted octanol–water partition coefficient (Wildman–Crippen LogP) is 3.37. The second-order valence-corrected chi connectivity index (χ2v) is 7.46. The number of benzene rings is 1. The summed E-state index contributed by atoms with van der Waals surface area (Å²) in [5.41, 5.74) is 1.36. The van der Waals surface area contributed by atoms with Gasteiger partial charge in [0.25, 0.3) is 5.89 Å². The second-order valence-electron chi connectivity index (χ2n) is 7.46. The van der Waals surface area contributed by atoms with Gasteiger partial charge in [0.15, 0.2) is 6.54 Å². The summed E-state index contributed by atoms with van der Waals surface area (Å²) in [6.45, 7) is 7.76. The average molecular weight is 419 g/mol. The zero-order valence-corrected chi connectivity index (χ0v) is 17.4. The Bertz CT molecular complexity index is 1110. The van der Waals surface area contributed by atoms with Crippen LogP contribution in [0.4, 0.5) is 4.79 Å².